The molecular weight excluding hydrogens is 264 g/mol. The number of hydrogen-bond acceptors (Lipinski definition) is 5. The number of rotatable bonds is 3. The maximum absolute atomic E-state index is 12.0. The molecule has 0 radical (unpaired) electrons. The van der Waals surface area contributed by atoms with E-state index in [-0.39, 0.29) is 11.9 Å². The van der Waals surface area contributed by atoms with E-state index < -0.39 is 5.97 Å². The number of nitrogens with one attached hydrogen (secondary N) is 2. The molecule has 1 aromatic carbocycles. The largest absolute Gasteiger partial charge is 0.465 e. The third-order valence-corrected chi connectivity index (χ3v) is 3.85. The summed E-state index contributed by atoms with van der Waals surface area (Å²) in [6.07, 6.45) is 0. The first-order chi connectivity index (χ1) is 9.20. The molecule has 0 spiro atoms. The molecular formula is C13H16N2O3S. The third kappa shape index (κ3) is 3.71. The highest BCUT2D eigenvalue weighted by Gasteiger charge is 2.21. The van der Waals surface area contributed by atoms with Gasteiger partial charge in [0.2, 0.25) is 5.91 Å². The van der Waals surface area contributed by atoms with Gasteiger partial charge in [-0.2, -0.15) is 11.8 Å². The van der Waals surface area contributed by atoms with Crippen LogP contribution in [-0.2, 0) is 9.53 Å². The van der Waals surface area contributed by atoms with Crippen molar-refractivity contribution < 1.29 is 14.3 Å². The Morgan fingerprint density at radius 3 is 3.00 bits per heavy atom. The van der Waals surface area contributed by atoms with Gasteiger partial charge in [-0.05, 0) is 18.2 Å². The Bertz CT molecular complexity index is 473. The average molecular weight is 280 g/mol. The van der Waals surface area contributed by atoms with Crippen LogP contribution in [0.3, 0.4) is 0 Å². The van der Waals surface area contributed by atoms with Gasteiger partial charge in [-0.3, -0.25) is 4.79 Å². The normalized spacial score (nSPS) is 18.7. The Hall–Kier alpha value is -1.53. The van der Waals surface area contributed by atoms with Crippen molar-refractivity contribution in [1.82, 2.24) is 5.32 Å². The average Bonchev–Trinajstić information content (AvgIpc) is 2.47. The van der Waals surface area contributed by atoms with E-state index in [4.69, 9.17) is 0 Å². The van der Waals surface area contributed by atoms with Gasteiger partial charge in [0.1, 0.15) is 0 Å². The maximum atomic E-state index is 12.0. The van der Waals surface area contributed by atoms with E-state index in [0.717, 1.165) is 18.1 Å². The van der Waals surface area contributed by atoms with Crippen LogP contribution in [0.2, 0.25) is 0 Å². The van der Waals surface area contributed by atoms with Gasteiger partial charge in [-0.1, -0.05) is 6.07 Å². The zero-order valence-electron chi connectivity index (χ0n) is 10.6. The molecule has 0 saturated carbocycles. The van der Waals surface area contributed by atoms with Crippen LogP contribution in [0, 0.1) is 0 Å². The molecule has 1 aliphatic rings. The molecule has 6 heteroatoms. The molecule has 1 aliphatic heterocycles. The first kappa shape index (κ1) is 13.9. The van der Waals surface area contributed by atoms with E-state index in [9.17, 15) is 9.59 Å². The molecule has 1 saturated heterocycles. The van der Waals surface area contributed by atoms with Crippen molar-refractivity contribution >= 4 is 29.3 Å². The molecule has 19 heavy (non-hydrogen) atoms. The summed E-state index contributed by atoms with van der Waals surface area (Å²) in [6, 6.07) is 6.54. The molecule has 2 rings (SSSR count). The fourth-order valence-corrected chi connectivity index (χ4v) is 2.74. The summed E-state index contributed by atoms with van der Waals surface area (Å²) < 4.78 is 4.65. The van der Waals surface area contributed by atoms with Crippen LogP contribution in [0.15, 0.2) is 24.3 Å². The number of methoxy groups -OCH3 is 1. The van der Waals surface area contributed by atoms with Crippen LogP contribution in [0.5, 0.6) is 0 Å². The zero-order valence-corrected chi connectivity index (χ0v) is 11.5. The van der Waals surface area contributed by atoms with Gasteiger partial charge in [0.25, 0.3) is 0 Å². The lowest BCUT2D eigenvalue weighted by Gasteiger charge is -2.22. The molecule has 1 fully saturated rings. The molecule has 1 aromatic rings. The van der Waals surface area contributed by atoms with Crippen LogP contribution < -0.4 is 10.6 Å². The minimum atomic E-state index is -0.414. The molecule has 0 aromatic heterocycles. The summed E-state index contributed by atoms with van der Waals surface area (Å²) in [5.74, 6) is 1.31. The highest BCUT2D eigenvalue weighted by molar-refractivity contribution is 7.99. The summed E-state index contributed by atoms with van der Waals surface area (Å²) in [5.41, 5.74) is 1.02. The Morgan fingerprint density at radius 2 is 2.32 bits per heavy atom. The molecule has 1 amide bonds. The first-order valence-corrected chi connectivity index (χ1v) is 7.16. The number of amides is 1. The zero-order chi connectivity index (χ0) is 13.7. The number of carbonyl (C=O) groups is 2. The monoisotopic (exact) mass is 280 g/mol. The number of ether oxygens (including phenoxy) is 1. The lowest BCUT2D eigenvalue weighted by Crippen LogP contribution is -2.46. The predicted molar refractivity (Wildman–Crippen MR) is 75.5 cm³/mol. The van der Waals surface area contributed by atoms with E-state index in [1.807, 2.05) is 0 Å². The number of carbonyl (C=O) groups excluding carboxylic acids is 2. The fourth-order valence-electron chi connectivity index (χ4n) is 1.80. The van der Waals surface area contributed by atoms with Crippen molar-refractivity contribution in [2.75, 3.05) is 30.5 Å². The molecule has 2 N–H and O–H groups in total. The van der Waals surface area contributed by atoms with Gasteiger partial charge in [-0.25, -0.2) is 4.79 Å². The second kappa shape index (κ2) is 6.58. The molecule has 0 aliphatic carbocycles. The lowest BCUT2D eigenvalue weighted by atomic mass is 10.2. The van der Waals surface area contributed by atoms with Crippen LogP contribution in [0.4, 0.5) is 5.69 Å². The van der Waals surface area contributed by atoms with Crippen molar-refractivity contribution in [3.05, 3.63) is 29.8 Å². The van der Waals surface area contributed by atoms with Crippen LogP contribution in [-0.4, -0.2) is 43.1 Å². The SMILES string of the molecule is COC(=O)c1cccc(NC(=O)C2CSCCN2)c1. The van der Waals surface area contributed by atoms with Gasteiger partial charge < -0.3 is 15.4 Å². The van der Waals surface area contributed by atoms with Crippen molar-refractivity contribution in [3.63, 3.8) is 0 Å². The van der Waals surface area contributed by atoms with E-state index in [0.29, 0.717) is 11.3 Å². The van der Waals surface area contributed by atoms with E-state index >= 15 is 0 Å². The van der Waals surface area contributed by atoms with Gasteiger partial charge >= 0.3 is 5.97 Å². The van der Waals surface area contributed by atoms with Crippen LogP contribution in [0.1, 0.15) is 10.4 Å². The highest BCUT2D eigenvalue weighted by Crippen LogP contribution is 2.14. The smallest absolute Gasteiger partial charge is 0.337 e. The minimum Gasteiger partial charge on any atom is -0.465 e. The maximum Gasteiger partial charge on any atom is 0.337 e. The molecule has 5 nitrogen and oxygen atoms in total. The van der Waals surface area contributed by atoms with Gasteiger partial charge in [0.15, 0.2) is 0 Å². The summed E-state index contributed by atoms with van der Waals surface area (Å²) >= 11 is 1.76. The summed E-state index contributed by atoms with van der Waals surface area (Å²) in [6.45, 7) is 0.838. The van der Waals surface area contributed by atoms with Crippen molar-refractivity contribution in [2.45, 2.75) is 6.04 Å². The van der Waals surface area contributed by atoms with Gasteiger partial charge in [0.05, 0.1) is 18.7 Å². The van der Waals surface area contributed by atoms with Crippen LogP contribution in [0.25, 0.3) is 0 Å². The number of thioether (sulfide) groups is 1. The van der Waals surface area contributed by atoms with E-state index in [1.165, 1.54) is 7.11 Å². The Labute approximate surface area is 116 Å². The Morgan fingerprint density at radius 1 is 1.47 bits per heavy atom. The molecule has 0 bridgehead atoms. The fraction of sp³-hybridized carbons (Fsp3) is 0.385. The molecule has 1 heterocycles. The number of anilines is 1. The summed E-state index contributed by atoms with van der Waals surface area (Å²) in [4.78, 5) is 23.4. The second-order valence-electron chi connectivity index (χ2n) is 4.14. The van der Waals surface area contributed by atoms with Crippen LogP contribution >= 0.6 is 11.8 Å². The van der Waals surface area contributed by atoms with Crippen molar-refractivity contribution in [3.8, 4) is 0 Å². The highest BCUT2D eigenvalue weighted by atomic mass is 32.2. The number of esters is 1. The molecule has 1 atom stereocenters. The third-order valence-electron chi connectivity index (χ3n) is 2.79. The Kier molecular flexibility index (Phi) is 4.81. The number of hydrogen-bond donors (Lipinski definition) is 2. The van der Waals surface area contributed by atoms with E-state index in [1.54, 1.807) is 36.0 Å². The second-order valence-corrected chi connectivity index (χ2v) is 5.29. The first-order valence-electron chi connectivity index (χ1n) is 6.01. The molecule has 1 unspecified atom stereocenters. The lowest BCUT2D eigenvalue weighted by molar-refractivity contribution is -0.117. The van der Waals surface area contributed by atoms with Gasteiger partial charge in [0, 0.05) is 23.7 Å². The molecule has 102 valence electrons. The van der Waals surface area contributed by atoms with Gasteiger partial charge in [-0.15, -0.1) is 0 Å². The van der Waals surface area contributed by atoms with E-state index in [2.05, 4.69) is 15.4 Å². The summed E-state index contributed by atoms with van der Waals surface area (Å²) in [7, 11) is 1.33. The topological polar surface area (TPSA) is 67.4 Å². The van der Waals surface area contributed by atoms with Crippen molar-refractivity contribution in [1.29, 1.82) is 0 Å². The Balaban J connectivity index is 2.02. The minimum absolute atomic E-state index is 0.0748. The van der Waals surface area contributed by atoms with Crippen molar-refractivity contribution in [2.24, 2.45) is 0 Å². The number of benzene rings is 1. The summed E-state index contributed by atoms with van der Waals surface area (Å²) in [5, 5.41) is 5.97. The standard InChI is InChI=1S/C13H16N2O3S/c1-18-13(17)9-3-2-4-10(7-9)15-12(16)11-8-19-6-5-14-11/h2-4,7,11,14H,5-6,8H2,1H3,(H,15,16). The quantitative estimate of drug-likeness (QED) is 0.812. The predicted octanol–water partition coefficient (Wildman–Crippen LogP) is 1.12.